The van der Waals surface area contributed by atoms with Gasteiger partial charge >= 0.3 is 0 Å². The van der Waals surface area contributed by atoms with Crippen molar-refractivity contribution in [1.29, 1.82) is 5.26 Å². The van der Waals surface area contributed by atoms with Crippen molar-refractivity contribution in [3.63, 3.8) is 0 Å². The number of anilines is 4. The minimum atomic E-state index is -0.573. The quantitative estimate of drug-likeness (QED) is 0.151. The van der Waals surface area contributed by atoms with E-state index in [1.807, 2.05) is 69.6 Å². The summed E-state index contributed by atoms with van der Waals surface area (Å²) < 4.78 is 13.1. The Bertz CT molecular complexity index is 1850. The van der Waals surface area contributed by atoms with Crippen molar-refractivity contribution in [3.05, 3.63) is 84.6 Å². The van der Waals surface area contributed by atoms with Gasteiger partial charge in [0.25, 0.3) is 5.91 Å². The number of benzene rings is 2. The molecule has 0 spiro atoms. The number of nitriles is 1. The largest absolute Gasteiger partial charge is 0.494 e. The zero-order valence-corrected chi connectivity index (χ0v) is 25.3. The maximum atomic E-state index is 13.3. The van der Waals surface area contributed by atoms with E-state index >= 15 is 0 Å². The first kappa shape index (κ1) is 29.9. The summed E-state index contributed by atoms with van der Waals surface area (Å²) in [6.45, 7) is 1.46. The molecule has 0 unspecified atom stereocenters. The molecule has 3 aromatic heterocycles. The van der Waals surface area contributed by atoms with Crippen LogP contribution in [0.1, 0.15) is 5.76 Å². The fraction of sp³-hybridized carbons (Fsp3) is 0.212. The minimum Gasteiger partial charge on any atom is -0.494 e. The molecule has 2 aromatic carbocycles. The Balaban J connectivity index is 1.51. The van der Waals surface area contributed by atoms with E-state index in [1.165, 1.54) is 12.3 Å². The van der Waals surface area contributed by atoms with Crippen LogP contribution in [0.4, 0.5) is 23.0 Å². The Morgan fingerprint density at radius 2 is 1.93 bits per heavy atom. The van der Waals surface area contributed by atoms with Gasteiger partial charge in [-0.1, -0.05) is 18.2 Å². The number of hydrogen-bond acceptors (Lipinski definition) is 9. The SMILES string of the molecule is COc1cc(N(C)CCN(C)C)c(NC(=O)C(C#N)=Cc2ccco2)cc1Nc1nccc(-c2cn(C)c3ccccc23)n1. The number of methoxy groups -OCH3 is 1. The Labute approximate surface area is 256 Å². The molecule has 0 bridgehead atoms. The molecule has 0 aliphatic carbocycles. The maximum absolute atomic E-state index is 13.3. The highest BCUT2D eigenvalue weighted by Gasteiger charge is 2.19. The van der Waals surface area contributed by atoms with Crippen molar-refractivity contribution in [3.8, 4) is 23.1 Å². The lowest BCUT2D eigenvalue weighted by Gasteiger charge is -2.26. The molecule has 224 valence electrons. The molecule has 5 aromatic rings. The second-order valence-corrected chi connectivity index (χ2v) is 10.5. The van der Waals surface area contributed by atoms with E-state index in [2.05, 4.69) is 37.2 Å². The molecule has 3 heterocycles. The van der Waals surface area contributed by atoms with Crippen LogP contribution in [0.2, 0.25) is 0 Å². The monoisotopic (exact) mass is 590 g/mol. The molecule has 44 heavy (non-hydrogen) atoms. The lowest BCUT2D eigenvalue weighted by Crippen LogP contribution is -2.29. The summed E-state index contributed by atoms with van der Waals surface area (Å²) >= 11 is 0. The number of furan rings is 1. The number of nitrogens with one attached hydrogen (secondary N) is 2. The zero-order valence-electron chi connectivity index (χ0n) is 25.3. The number of likely N-dealkylation sites (N-methyl/N-ethyl adjacent to an activating group) is 2. The molecule has 5 rings (SSSR count). The first-order valence-electron chi connectivity index (χ1n) is 14.0. The van der Waals surface area contributed by atoms with E-state index in [9.17, 15) is 10.1 Å². The topological polar surface area (TPSA) is 124 Å². The van der Waals surface area contributed by atoms with Gasteiger partial charge < -0.3 is 34.2 Å². The number of fused-ring (bicyclic) bond motifs is 1. The van der Waals surface area contributed by atoms with E-state index in [0.29, 0.717) is 41.1 Å². The number of carbonyl (C=O) groups is 1. The Morgan fingerprint density at radius 3 is 2.66 bits per heavy atom. The van der Waals surface area contributed by atoms with E-state index in [0.717, 1.165) is 28.7 Å². The van der Waals surface area contributed by atoms with Gasteiger partial charge in [0, 0.05) is 68.2 Å². The van der Waals surface area contributed by atoms with Crippen molar-refractivity contribution in [2.75, 3.05) is 56.9 Å². The molecule has 2 N–H and O–H groups in total. The highest BCUT2D eigenvalue weighted by molar-refractivity contribution is 6.11. The Hall–Kier alpha value is -5.60. The van der Waals surface area contributed by atoms with E-state index in [4.69, 9.17) is 14.1 Å². The van der Waals surface area contributed by atoms with Crippen LogP contribution in [0, 0.1) is 11.3 Å². The van der Waals surface area contributed by atoms with Crippen LogP contribution in [-0.4, -0.2) is 66.7 Å². The number of carbonyl (C=O) groups excluding carboxylic acids is 1. The van der Waals surface area contributed by atoms with Crippen molar-refractivity contribution in [1.82, 2.24) is 19.4 Å². The highest BCUT2D eigenvalue weighted by Crippen LogP contribution is 2.38. The van der Waals surface area contributed by atoms with Crippen LogP contribution in [0.25, 0.3) is 28.2 Å². The van der Waals surface area contributed by atoms with Crippen molar-refractivity contribution >= 4 is 45.9 Å². The van der Waals surface area contributed by atoms with Gasteiger partial charge in [-0.15, -0.1) is 0 Å². The number of ether oxygens (including phenoxy) is 1. The Morgan fingerprint density at radius 1 is 1.11 bits per heavy atom. The predicted octanol–water partition coefficient (Wildman–Crippen LogP) is 5.52. The van der Waals surface area contributed by atoms with Gasteiger partial charge in [0.1, 0.15) is 23.2 Å². The third-order valence-corrected chi connectivity index (χ3v) is 7.13. The third kappa shape index (κ3) is 6.56. The van der Waals surface area contributed by atoms with Crippen molar-refractivity contribution in [2.24, 2.45) is 7.05 Å². The molecule has 0 fully saturated rings. The van der Waals surface area contributed by atoms with Crippen LogP contribution in [0.3, 0.4) is 0 Å². The standard InChI is InChI=1S/C33H34N8O3/c1-39(2)14-15-40(3)30-19-31(43-5)28(18-27(30)36-32(42)22(20-34)17-23-9-8-16-44-23)38-33-35-13-12-26(37-33)25-21-41(4)29-11-7-6-10-24(25)29/h6-13,16-19,21H,14-15H2,1-5H3,(H,36,42)(H,35,37,38). The summed E-state index contributed by atoms with van der Waals surface area (Å²) in [5.74, 6) is 0.715. The van der Waals surface area contributed by atoms with Crippen molar-refractivity contribution < 1.29 is 13.9 Å². The van der Waals surface area contributed by atoms with E-state index in [-0.39, 0.29) is 5.57 Å². The molecule has 0 saturated heterocycles. The normalized spacial score (nSPS) is 11.4. The molecule has 0 atom stereocenters. The van der Waals surface area contributed by atoms with Gasteiger partial charge in [0.15, 0.2) is 0 Å². The second kappa shape index (κ2) is 13.1. The summed E-state index contributed by atoms with van der Waals surface area (Å²) in [7, 11) is 9.51. The molecule has 0 aliphatic heterocycles. The number of aryl methyl sites for hydroxylation is 1. The molecule has 11 nitrogen and oxygen atoms in total. The van der Waals surface area contributed by atoms with Gasteiger partial charge in [0.05, 0.1) is 36.1 Å². The number of aromatic nitrogens is 3. The van der Waals surface area contributed by atoms with Crippen LogP contribution >= 0.6 is 0 Å². The molecule has 0 aliphatic rings. The van der Waals surface area contributed by atoms with Crippen molar-refractivity contribution in [2.45, 2.75) is 0 Å². The average Bonchev–Trinajstić information content (AvgIpc) is 3.66. The first-order chi connectivity index (χ1) is 21.3. The summed E-state index contributed by atoms with van der Waals surface area (Å²) in [5.41, 5.74) is 4.47. The van der Waals surface area contributed by atoms with E-state index in [1.54, 1.807) is 31.5 Å². The van der Waals surface area contributed by atoms with Gasteiger partial charge in [-0.2, -0.15) is 5.26 Å². The van der Waals surface area contributed by atoms with Crippen LogP contribution in [-0.2, 0) is 11.8 Å². The smallest absolute Gasteiger partial charge is 0.266 e. The van der Waals surface area contributed by atoms with Gasteiger partial charge in [0.2, 0.25) is 5.95 Å². The fourth-order valence-corrected chi connectivity index (χ4v) is 4.81. The van der Waals surface area contributed by atoms with Crippen LogP contribution < -0.4 is 20.3 Å². The maximum Gasteiger partial charge on any atom is 0.266 e. The van der Waals surface area contributed by atoms with Gasteiger partial charge in [-0.3, -0.25) is 4.79 Å². The lowest BCUT2D eigenvalue weighted by atomic mass is 10.1. The number of rotatable bonds is 11. The number of para-hydroxylation sites is 1. The lowest BCUT2D eigenvalue weighted by molar-refractivity contribution is -0.112. The summed E-state index contributed by atoms with van der Waals surface area (Å²) in [6, 6.07) is 18.9. The number of amides is 1. The molecular weight excluding hydrogens is 556 g/mol. The molecular formula is C33H34N8O3. The molecule has 1 amide bonds. The summed E-state index contributed by atoms with van der Waals surface area (Å²) in [4.78, 5) is 26.6. The average molecular weight is 591 g/mol. The Kier molecular flexibility index (Phi) is 8.93. The number of nitrogens with zero attached hydrogens (tertiary/aromatic N) is 6. The fourth-order valence-electron chi connectivity index (χ4n) is 4.81. The van der Waals surface area contributed by atoms with Gasteiger partial charge in [-0.05, 0) is 44.4 Å². The predicted molar refractivity (Wildman–Crippen MR) is 173 cm³/mol. The molecule has 11 heteroatoms. The molecule has 0 saturated carbocycles. The highest BCUT2D eigenvalue weighted by atomic mass is 16.5. The van der Waals surface area contributed by atoms with E-state index < -0.39 is 5.91 Å². The minimum absolute atomic E-state index is 0.0988. The van der Waals surface area contributed by atoms with Gasteiger partial charge in [-0.25, -0.2) is 9.97 Å². The molecule has 0 radical (unpaired) electrons. The zero-order chi connectivity index (χ0) is 31.2. The van der Waals surface area contributed by atoms with Crippen LogP contribution in [0.15, 0.2) is 83.2 Å². The second-order valence-electron chi connectivity index (χ2n) is 10.5. The van der Waals surface area contributed by atoms with Crippen LogP contribution in [0.5, 0.6) is 5.75 Å². The number of hydrogen-bond donors (Lipinski definition) is 2. The third-order valence-electron chi connectivity index (χ3n) is 7.13. The summed E-state index contributed by atoms with van der Waals surface area (Å²) in [6.07, 6.45) is 6.63. The summed E-state index contributed by atoms with van der Waals surface area (Å²) in [5, 5.41) is 17.0. The first-order valence-corrected chi connectivity index (χ1v) is 14.0.